The molecule has 0 aromatic rings. The Morgan fingerprint density at radius 2 is 1.00 bits per heavy atom. The van der Waals surface area contributed by atoms with Crippen LogP contribution < -0.4 is 0 Å². The third kappa shape index (κ3) is 7.18. The number of amides is 2. The zero-order valence-corrected chi connectivity index (χ0v) is 15.1. The van der Waals surface area contributed by atoms with Crippen molar-refractivity contribution < 1.29 is 9.59 Å². The first-order chi connectivity index (χ1) is 11.8. The molecule has 2 saturated heterocycles. The quantitative estimate of drug-likeness (QED) is 0.424. The Kier molecular flexibility index (Phi) is 9.13. The molecule has 24 heavy (non-hydrogen) atoms. The van der Waals surface area contributed by atoms with Gasteiger partial charge in [0.25, 0.3) is 0 Å². The Bertz CT molecular complexity index is 333. The van der Waals surface area contributed by atoms with Crippen LogP contribution >= 0.6 is 0 Å². The summed E-state index contributed by atoms with van der Waals surface area (Å²) in [6, 6.07) is 0. The van der Waals surface area contributed by atoms with E-state index < -0.39 is 0 Å². The van der Waals surface area contributed by atoms with Crippen molar-refractivity contribution in [3.63, 3.8) is 0 Å². The third-order valence-electron chi connectivity index (χ3n) is 5.10. The molecule has 2 aliphatic heterocycles. The van der Waals surface area contributed by atoms with Crippen molar-refractivity contribution >= 4 is 12.8 Å². The summed E-state index contributed by atoms with van der Waals surface area (Å²) in [7, 11) is 0. The van der Waals surface area contributed by atoms with Crippen LogP contribution in [0.15, 0.2) is 0 Å². The molecule has 0 atom stereocenters. The van der Waals surface area contributed by atoms with Crippen molar-refractivity contribution in [1.29, 1.82) is 0 Å². The molecule has 6 heteroatoms. The van der Waals surface area contributed by atoms with Crippen LogP contribution in [0.25, 0.3) is 0 Å². The van der Waals surface area contributed by atoms with E-state index in [0.29, 0.717) is 0 Å². The van der Waals surface area contributed by atoms with Gasteiger partial charge in [0.2, 0.25) is 12.8 Å². The van der Waals surface area contributed by atoms with Gasteiger partial charge in [0.05, 0.1) is 13.3 Å². The van der Waals surface area contributed by atoms with Crippen molar-refractivity contribution in [2.75, 3.05) is 52.6 Å². The van der Waals surface area contributed by atoms with E-state index in [2.05, 4.69) is 9.80 Å². The number of unbranched alkanes of at least 4 members (excludes halogenated alkanes) is 5. The predicted octanol–water partition coefficient (Wildman–Crippen LogP) is 1.57. The molecule has 138 valence electrons. The summed E-state index contributed by atoms with van der Waals surface area (Å²) in [5.41, 5.74) is 0. The van der Waals surface area contributed by atoms with Gasteiger partial charge in [0, 0.05) is 26.2 Å². The minimum atomic E-state index is 0.817. The summed E-state index contributed by atoms with van der Waals surface area (Å²) in [5, 5.41) is 0. The number of hydrogen-bond acceptors (Lipinski definition) is 4. The number of hydrogen-bond donors (Lipinski definition) is 0. The fraction of sp³-hybridized carbons (Fsp3) is 0.889. The lowest BCUT2D eigenvalue weighted by Gasteiger charge is -2.33. The minimum absolute atomic E-state index is 0.817. The van der Waals surface area contributed by atoms with Crippen LogP contribution in [0.5, 0.6) is 0 Å². The maximum atomic E-state index is 10.8. The Balaban J connectivity index is 1.40. The van der Waals surface area contributed by atoms with Gasteiger partial charge in [0.1, 0.15) is 0 Å². The summed E-state index contributed by atoms with van der Waals surface area (Å²) in [5.74, 6) is 0. The van der Waals surface area contributed by atoms with Crippen LogP contribution in [0.1, 0.15) is 51.4 Å². The number of carbonyl (C=O) groups is 2. The second kappa shape index (κ2) is 11.4. The molecule has 2 amide bonds. The smallest absolute Gasteiger partial charge is 0.210 e. The Morgan fingerprint density at radius 3 is 1.42 bits per heavy atom. The molecule has 0 saturated carbocycles. The third-order valence-corrected chi connectivity index (χ3v) is 5.10. The molecule has 2 fully saturated rings. The van der Waals surface area contributed by atoms with Gasteiger partial charge < -0.3 is 9.80 Å². The summed E-state index contributed by atoms with van der Waals surface area (Å²) < 4.78 is 0. The summed E-state index contributed by atoms with van der Waals surface area (Å²) >= 11 is 0. The van der Waals surface area contributed by atoms with E-state index in [1.165, 1.54) is 38.5 Å². The molecular weight excluding hydrogens is 304 g/mol. The molecule has 0 N–H and O–H groups in total. The molecule has 0 radical (unpaired) electrons. The van der Waals surface area contributed by atoms with Crippen molar-refractivity contribution in [3.05, 3.63) is 0 Å². The van der Waals surface area contributed by atoms with Gasteiger partial charge in [0.15, 0.2) is 0 Å². The number of carbonyl (C=O) groups excluding carboxylic acids is 2. The standard InChI is InChI=1S/C18H34N4O2/c23-17-21-13-7-11-19(15-21)9-5-3-1-2-4-6-10-20-12-8-14-22(16-20)18-24/h17-18H,1-16H2. The monoisotopic (exact) mass is 338 g/mol. The van der Waals surface area contributed by atoms with E-state index in [0.717, 1.165) is 78.3 Å². The Morgan fingerprint density at radius 1 is 0.583 bits per heavy atom. The molecule has 2 rings (SSSR count). The molecule has 0 bridgehead atoms. The largest absolute Gasteiger partial charge is 0.332 e. The Labute approximate surface area is 146 Å². The van der Waals surface area contributed by atoms with E-state index in [4.69, 9.17) is 0 Å². The van der Waals surface area contributed by atoms with Gasteiger partial charge in [-0.15, -0.1) is 0 Å². The molecule has 0 aromatic carbocycles. The lowest BCUT2D eigenvalue weighted by Crippen LogP contribution is -2.44. The zero-order chi connectivity index (χ0) is 17.0. The average molecular weight is 338 g/mol. The van der Waals surface area contributed by atoms with Gasteiger partial charge in [-0.25, -0.2) is 0 Å². The van der Waals surface area contributed by atoms with Crippen LogP contribution in [0, 0.1) is 0 Å². The van der Waals surface area contributed by atoms with Gasteiger partial charge in [-0.3, -0.25) is 19.4 Å². The molecule has 0 aliphatic carbocycles. The average Bonchev–Trinajstić information content (AvgIpc) is 2.64. The SMILES string of the molecule is O=CN1CCCN(CCCCCCCCN2CCCN(C=O)C2)C1. The summed E-state index contributed by atoms with van der Waals surface area (Å²) in [6.45, 7) is 7.99. The van der Waals surface area contributed by atoms with E-state index >= 15 is 0 Å². The zero-order valence-electron chi connectivity index (χ0n) is 15.1. The number of nitrogens with zero attached hydrogens (tertiary/aromatic N) is 4. The van der Waals surface area contributed by atoms with E-state index in [9.17, 15) is 9.59 Å². The first kappa shape index (κ1) is 19.2. The fourth-order valence-corrected chi connectivity index (χ4v) is 3.71. The van der Waals surface area contributed by atoms with E-state index in [-0.39, 0.29) is 0 Å². The minimum Gasteiger partial charge on any atom is -0.332 e. The van der Waals surface area contributed by atoms with Crippen LogP contribution in [0.4, 0.5) is 0 Å². The van der Waals surface area contributed by atoms with Crippen molar-refractivity contribution in [1.82, 2.24) is 19.6 Å². The normalized spacial score (nSPS) is 20.3. The molecule has 6 nitrogen and oxygen atoms in total. The summed E-state index contributed by atoms with van der Waals surface area (Å²) in [4.78, 5) is 30.1. The van der Waals surface area contributed by atoms with Crippen LogP contribution in [0.2, 0.25) is 0 Å². The van der Waals surface area contributed by atoms with Gasteiger partial charge in [-0.1, -0.05) is 25.7 Å². The lowest BCUT2D eigenvalue weighted by molar-refractivity contribution is -0.122. The summed E-state index contributed by atoms with van der Waals surface area (Å²) in [6.07, 6.45) is 11.9. The van der Waals surface area contributed by atoms with Crippen LogP contribution in [-0.4, -0.2) is 85.0 Å². The molecular formula is C18H34N4O2. The molecule has 0 aromatic heterocycles. The first-order valence-corrected chi connectivity index (χ1v) is 9.65. The van der Waals surface area contributed by atoms with Crippen LogP contribution in [-0.2, 0) is 9.59 Å². The highest BCUT2D eigenvalue weighted by Gasteiger charge is 2.15. The topological polar surface area (TPSA) is 47.1 Å². The van der Waals surface area contributed by atoms with Gasteiger partial charge >= 0.3 is 0 Å². The fourth-order valence-electron chi connectivity index (χ4n) is 3.71. The van der Waals surface area contributed by atoms with Crippen molar-refractivity contribution in [2.24, 2.45) is 0 Å². The van der Waals surface area contributed by atoms with E-state index in [1.54, 1.807) is 0 Å². The molecule has 0 spiro atoms. The second-order valence-corrected chi connectivity index (χ2v) is 7.18. The maximum Gasteiger partial charge on any atom is 0.210 e. The molecule has 2 aliphatic rings. The first-order valence-electron chi connectivity index (χ1n) is 9.65. The van der Waals surface area contributed by atoms with Crippen LogP contribution in [0.3, 0.4) is 0 Å². The maximum absolute atomic E-state index is 10.8. The van der Waals surface area contributed by atoms with E-state index in [1.807, 2.05) is 9.80 Å². The lowest BCUT2D eigenvalue weighted by atomic mass is 10.1. The highest BCUT2D eigenvalue weighted by atomic mass is 16.1. The highest BCUT2D eigenvalue weighted by molar-refractivity contribution is 5.47. The van der Waals surface area contributed by atoms with Gasteiger partial charge in [-0.05, 0) is 38.8 Å². The van der Waals surface area contributed by atoms with Gasteiger partial charge in [-0.2, -0.15) is 0 Å². The number of rotatable bonds is 11. The Hall–Kier alpha value is -1.14. The van der Waals surface area contributed by atoms with Crippen molar-refractivity contribution in [2.45, 2.75) is 51.4 Å². The highest BCUT2D eigenvalue weighted by Crippen LogP contribution is 2.11. The molecule has 0 unspecified atom stereocenters. The predicted molar refractivity (Wildman–Crippen MR) is 95.4 cm³/mol. The van der Waals surface area contributed by atoms with Crippen molar-refractivity contribution in [3.8, 4) is 0 Å². The second-order valence-electron chi connectivity index (χ2n) is 7.18. The molecule has 2 heterocycles.